The van der Waals surface area contributed by atoms with Gasteiger partial charge in [-0.3, -0.25) is 4.79 Å². The Morgan fingerprint density at radius 1 is 1.41 bits per heavy atom. The monoisotopic (exact) mass is 322 g/mol. The maximum absolute atomic E-state index is 14.0. The zero-order chi connectivity index (χ0) is 16.6. The molecule has 1 aromatic carbocycles. The zero-order valence-corrected chi connectivity index (χ0v) is 13.0. The number of hydrogen-bond donors (Lipinski definition) is 2. The molecule has 1 heterocycles. The summed E-state index contributed by atoms with van der Waals surface area (Å²) in [5.41, 5.74) is 5.34. The third-order valence-electron chi connectivity index (χ3n) is 3.59. The van der Waals surface area contributed by atoms with Crippen LogP contribution in [0.5, 0.6) is 0 Å². The molecule has 2 aromatic rings. The number of aryl methyl sites for hydroxylation is 1. The molecule has 0 saturated carbocycles. The summed E-state index contributed by atoms with van der Waals surface area (Å²) in [5.74, 6) is -2.05. The number of nitrogens with zero attached hydrogens (tertiary/aromatic N) is 1. The number of aromatic carboxylic acids is 1. The molecule has 0 aliphatic rings. The first-order valence-electron chi connectivity index (χ1n) is 6.75. The van der Waals surface area contributed by atoms with E-state index in [2.05, 4.69) is 0 Å². The fraction of sp³-hybridized carbons (Fsp3) is 0.267. The Balaban J connectivity index is 3.09. The summed E-state index contributed by atoms with van der Waals surface area (Å²) in [6.45, 7) is 4.01. The second-order valence-corrected chi connectivity index (χ2v) is 5.21. The van der Waals surface area contributed by atoms with E-state index in [9.17, 15) is 19.1 Å². The Morgan fingerprint density at radius 2 is 2.05 bits per heavy atom. The van der Waals surface area contributed by atoms with Crippen molar-refractivity contribution in [3.63, 3.8) is 0 Å². The van der Waals surface area contributed by atoms with Crippen LogP contribution in [-0.4, -0.2) is 20.6 Å². The van der Waals surface area contributed by atoms with E-state index in [0.717, 1.165) is 6.07 Å². The molecule has 0 saturated heterocycles. The fourth-order valence-corrected chi connectivity index (χ4v) is 2.81. The standard InChI is InChI=1S/C15H15FN2O3S/c1-3-10-12(15(20)21)13(19)8-5-9(16)7(14(17)22)6-11(8)18(10)4-2/h5-6H,3-4H2,1-2H3,(H2,17,22)(H,20,21). The lowest BCUT2D eigenvalue weighted by molar-refractivity contribution is 0.0693. The van der Waals surface area contributed by atoms with Crippen molar-refractivity contribution in [3.05, 3.63) is 45.0 Å². The number of carbonyl (C=O) groups is 1. The lowest BCUT2D eigenvalue weighted by Gasteiger charge is -2.17. The number of hydrogen-bond acceptors (Lipinski definition) is 3. The molecule has 3 N–H and O–H groups in total. The molecule has 7 heteroatoms. The predicted octanol–water partition coefficient (Wildman–Crippen LogP) is 2.06. The van der Waals surface area contributed by atoms with E-state index in [1.165, 1.54) is 6.07 Å². The number of pyridine rings is 1. The molecule has 22 heavy (non-hydrogen) atoms. The van der Waals surface area contributed by atoms with Gasteiger partial charge in [-0.25, -0.2) is 9.18 Å². The molecule has 0 bridgehead atoms. The highest BCUT2D eigenvalue weighted by Gasteiger charge is 2.22. The molecule has 116 valence electrons. The Hall–Kier alpha value is -2.28. The molecule has 0 radical (unpaired) electrons. The van der Waals surface area contributed by atoms with Gasteiger partial charge in [0.25, 0.3) is 0 Å². The molecular formula is C15H15FN2O3S. The highest BCUT2D eigenvalue weighted by molar-refractivity contribution is 7.80. The number of aromatic nitrogens is 1. The Labute approximate surface area is 131 Å². The number of fused-ring (bicyclic) bond motifs is 1. The van der Waals surface area contributed by atoms with E-state index in [4.69, 9.17) is 18.0 Å². The van der Waals surface area contributed by atoms with Gasteiger partial charge in [-0.1, -0.05) is 19.1 Å². The first-order valence-corrected chi connectivity index (χ1v) is 7.16. The van der Waals surface area contributed by atoms with Gasteiger partial charge in [-0.2, -0.15) is 0 Å². The van der Waals surface area contributed by atoms with Crippen molar-refractivity contribution >= 4 is 34.1 Å². The molecule has 5 nitrogen and oxygen atoms in total. The smallest absolute Gasteiger partial charge is 0.341 e. The lowest BCUT2D eigenvalue weighted by Crippen LogP contribution is -2.24. The van der Waals surface area contributed by atoms with Crippen molar-refractivity contribution in [1.29, 1.82) is 0 Å². The molecule has 0 spiro atoms. The average molecular weight is 322 g/mol. The van der Waals surface area contributed by atoms with Crippen molar-refractivity contribution < 1.29 is 14.3 Å². The van der Waals surface area contributed by atoms with Crippen molar-refractivity contribution in [1.82, 2.24) is 4.57 Å². The summed E-state index contributed by atoms with van der Waals surface area (Å²) in [7, 11) is 0. The largest absolute Gasteiger partial charge is 0.477 e. The van der Waals surface area contributed by atoms with E-state index < -0.39 is 17.2 Å². The maximum atomic E-state index is 14.0. The van der Waals surface area contributed by atoms with Crippen molar-refractivity contribution in [3.8, 4) is 0 Å². The number of benzene rings is 1. The number of nitrogens with two attached hydrogens (primary N) is 1. The van der Waals surface area contributed by atoms with Gasteiger partial charge >= 0.3 is 5.97 Å². The quantitative estimate of drug-likeness (QED) is 0.842. The van der Waals surface area contributed by atoms with Gasteiger partial charge in [0.1, 0.15) is 16.4 Å². The molecule has 0 aliphatic carbocycles. The molecule has 0 atom stereocenters. The number of halogens is 1. The normalized spacial score (nSPS) is 10.9. The van der Waals surface area contributed by atoms with E-state index >= 15 is 0 Å². The van der Waals surface area contributed by atoms with Gasteiger partial charge in [0, 0.05) is 23.2 Å². The summed E-state index contributed by atoms with van der Waals surface area (Å²) in [6.07, 6.45) is 0.362. The van der Waals surface area contributed by atoms with Gasteiger partial charge in [0.2, 0.25) is 5.43 Å². The third-order valence-corrected chi connectivity index (χ3v) is 3.81. The fourth-order valence-electron chi connectivity index (χ4n) is 2.65. The molecule has 0 fully saturated rings. The molecule has 0 aliphatic heterocycles. The summed E-state index contributed by atoms with van der Waals surface area (Å²) in [4.78, 5) is 23.7. The van der Waals surface area contributed by atoms with Crippen molar-refractivity contribution in [2.45, 2.75) is 26.8 Å². The second kappa shape index (κ2) is 5.84. The van der Waals surface area contributed by atoms with Gasteiger partial charge < -0.3 is 15.4 Å². The van der Waals surface area contributed by atoms with Crippen LogP contribution >= 0.6 is 12.2 Å². The Kier molecular flexibility index (Phi) is 4.27. The maximum Gasteiger partial charge on any atom is 0.341 e. The minimum absolute atomic E-state index is 0.00829. The number of thiocarbonyl (C=S) groups is 1. The lowest BCUT2D eigenvalue weighted by atomic mass is 10.0. The van der Waals surface area contributed by atoms with Gasteiger partial charge in [0.15, 0.2) is 0 Å². The van der Waals surface area contributed by atoms with Crippen molar-refractivity contribution in [2.75, 3.05) is 0 Å². The van der Waals surface area contributed by atoms with E-state index in [-0.39, 0.29) is 21.5 Å². The summed E-state index contributed by atoms with van der Waals surface area (Å²) in [6, 6.07) is 2.41. The molecular weight excluding hydrogens is 307 g/mol. The molecule has 1 aromatic heterocycles. The molecule has 0 unspecified atom stereocenters. The van der Waals surface area contributed by atoms with Gasteiger partial charge in [0.05, 0.1) is 5.52 Å². The van der Waals surface area contributed by atoms with Crippen LogP contribution in [0.3, 0.4) is 0 Å². The SMILES string of the molecule is CCc1c(C(=O)O)c(=O)c2cc(F)c(C(N)=S)cc2n1CC. The van der Waals surface area contributed by atoms with Crippen LogP contribution in [-0.2, 0) is 13.0 Å². The Bertz CT molecular complexity index is 858. The highest BCUT2D eigenvalue weighted by atomic mass is 32.1. The minimum atomic E-state index is -1.32. The van der Waals surface area contributed by atoms with Crippen LogP contribution < -0.4 is 11.2 Å². The van der Waals surface area contributed by atoms with Crippen molar-refractivity contribution in [2.24, 2.45) is 5.73 Å². The minimum Gasteiger partial charge on any atom is -0.477 e. The molecule has 0 amide bonds. The number of rotatable bonds is 4. The van der Waals surface area contributed by atoms with Crippen LogP contribution in [0.15, 0.2) is 16.9 Å². The summed E-state index contributed by atoms with van der Waals surface area (Å²) >= 11 is 4.81. The number of carboxylic acid groups (broad SMARTS) is 1. The number of carboxylic acids is 1. The van der Waals surface area contributed by atoms with Crippen LogP contribution in [0, 0.1) is 5.82 Å². The zero-order valence-electron chi connectivity index (χ0n) is 12.1. The van der Waals surface area contributed by atoms with Gasteiger partial charge in [-0.05, 0) is 25.5 Å². The van der Waals surface area contributed by atoms with E-state index in [0.29, 0.717) is 24.2 Å². The molecule has 2 rings (SSSR count). The van der Waals surface area contributed by atoms with E-state index in [1.807, 2.05) is 6.92 Å². The van der Waals surface area contributed by atoms with Crippen LogP contribution in [0.25, 0.3) is 10.9 Å². The highest BCUT2D eigenvalue weighted by Crippen LogP contribution is 2.21. The predicted molar refractivity (Wildman–Crippen MR) is 86.1 cm³/mol. The van der Waals surface area contributed by atoms with Crippen LogP contribution in [0.2, 0.25) is 0 Å². The van der Waals surface area contributed by atoms with Crippen LogP contribution in [0.4, 0.5) is 4.39 Å². The first-order chi connectivity index (χ1) is 10.3. The van der Waals surface area contributed by atoms with E-state index in [1.54, 1.807) is 11.5 Å². The second-order valence-electron chi connectivity index (χ2n) is 4.77. The summed E-state index contributed by atoms with van der Waals surface area (Å²) < 4.78 is 15.7. The topological polar surface area (TPSA) is 85.3 Å². The Morgan fingerprint density at radius 3 is 2.50 bits per heavy atom. The van der Waals surface area contributed by atoms with Crippen LogP contribution in [0.1, 0.15) is 35.5 Å². The summed E-state index contributed by atoms with van der Waals surface area (Å²) in [5, 5.41) is 9.33. The first kappa shape index (κ1) is 16.1. The van der Waals surface area contributed by atoms with Gasteiger partial charge in [-0.15, -0.1) is 0 Å². The third kappa shape index (κ3) is 2.37. The average Bonchev–Trinajstić information content (AvgIpc) is 2.46.